The number of hydrogen-bond acceptors (Lipinski definition) is 6. The predicted octanol–water partition coefficient (Wildman–Crippen LogP) is 3.16. The van der Waals surface area contributed by atoms with E-state index in [0.29, 0.717) is 16.8 Å². The molecule has 7 nitrogen and oxygen atoms in total. The van der Waals surface area contributed by atoms with Crippen molar-refractivity contribution < 1.29 is 16.1 Å². The molecule has 140 valence electrons. The Hall–Kier alpha value is -2.75. The van der Waals surface area contributed by atoms with Crippen molar-refractivity contribution >= 4 is 33.4 Å². The third-order valence-electron chi connectivity index (χ3n) is 3.94. The molecule has 1 aromatic heterocycles. The zero-order chi connectivity index (χ0) is 18.9. The fourth-order valence-electron chi connectivity index (χ4n) is 2.60. The Morgan fingerprint density at radius 1 is 1.07 bits per heavy atom. The molecule has 2 N–H and O–H groups in total. The van der Waals surface area contributed by atoms with Crippen molar-refractivity contribution in [1.29, 1.82) is 0 Å². The van der Waals surface area contributed by atoms with E-state index < -0.39 is 10.0 Å². The highest BCUT2D eigenvalue weighted by Gasteiger charge is 2.22. The van der Waals surface area contributed by atoms with E-state index in [-0.39, 0.29) is 20.2 Å². The lowest BCUT2D eigenvalue weighted by Gasteiger charge is -2.10. The summed E-state index contributed by atoms with van der Waals surface area (Å²) in [7, 11) is -3.75. The van der Waals surface area contributed by atoms with Crippen molar-refractivity contribution in [3.05, 3.63) is 72.3 Å². The fourth-order valence-corrected chi connectivity index (χ4v) is 4.65. The summed E-state index contributed by atoms with van der Waals surface area (Å²) in [6.07, 6.45) is 4.46. The Balaban J connectivity index is 0.00000150. The van der Waals surface area contributed by atoms with Gasteiger partial charge in [-0.05, 0) is 30.3 Å². The van der Waals surface area contributed by atoms with Gasteiger partial charge in [-0.1, -0.05) is 23.9 Å². The molecule has 0 radical (unpaired) electrons. The summed E-state index contributed by atoms with van der Waals surface area (Å²) in [5.74, 6) is -0.263. The van der Waals surface area contributed by atoms with Gasteiger partial charge in [0.1, 0.15) is 6.33 Å². The number of fused-ring (bicyclic) bond motifs is 2. The van der Waals surface area contributed by atoms with Crippen LogP contribution in [0.4, 0.5) is 5.69 Å². The van der Waals surface area contributed by atoms with Crippen molar-refractivity contribution in [2.75, 3.05) is 5.32 Å². The normalized spacial score (nSPS) is 13.3. The molecule has 0 bridgehead atoms. The van der Waals surface area contributed by atoms with Gasteiger partial charge in [-0.15, -0.1) is 0 Å². The first-order valence-corrected chi connectivity index (χ1v) is 10.3. The molecule has 9 heteroatoms. The van der Waals surface area contributed by atoms with Crippen LogP contribution in [0.25, 0.3) is 0 Å². The van der Waals surface area contributed by atoms with Crippen molar-refractivity contribution in [1.82, 2.24) is 14.7 Å². The first kappa shape index (κ1) is 17.7. The third kappa shape index (κ3) is 3.70. The van der Waals surface area contributed by atoms with Crippen LogP contribution in [0.2, 0.25) is 0 Å². The smallest absolute Gasteiger partial charge is 0.256 e. The number of sulfonamides is 1. The van der Waals surface area contributed by atoms with Crippen LogP contribution >= 0.6 is 11.8 Å². The first-order chi connectivity index (χ1) is 13.0. The summed E-state index contributed by atoms with van der Waals surface area (Å²) in [6.45, 7) is 0.0762. The van der Waals surface area contributed by atoms with Crippen LogP contribution in [0.15, 0.2) is 75.9 Å². The Morgan fingerprint density at radius 3 is 2.67 bits per heavy atom. The Labute approximate surface area is 163 Å². The molecule has 2 heterocycles. The van der Waals surface area contributed by atoms with Crippen molar-refractivity contribution in [3.63, 3.8) is 0 Å². The van der Waals surface area contributed by atoms with Crippen molar-refractivity contribution in [3.8, 4) is 0 Å². The minimum Gasteiger partial charge on any atom is -0.321 e. The minimum atomic E-state index is -3.75. The van der Waals surface area contributed by atoms with Crippen LogP contribution in [0.3, 0.4) is 0 Å². The van der Waals surface area contributed by atoms with Crippen LogP contribution in [-0.4, -0.2) is 24.3 Å². The summed E-state index contributed by atoms with van der Waals surface area (Å²) in [5.41, 5.74) is 1.67. The van der Waals surface area contributed by atoms with E-state index in [1.807, 2.05) is 12.1 Å². The highest BCUT2D eigenvalue weighted by molar-refractivity contribution is 7.99. The second kappa shape index (κ2) is 7.10. The summed E-state index contributed by atoms with van der Waals surface area (Å²) in [4.78, 5) is 21.8. The second-order valence-corrected chi connectivity index (χ2v) is 8.63. The Bertz CT molecular complexity index is 1130. The average Bonchev–Trinajstić information content (AvgIpc) is 2.82. The minimum absolute atomic E-state index is 0. The molecule has 4 rings (SSSR count). The summed E-state index contributed by atoms with van der Waals surface area (Å²) >= 11 is 1.42. The Morgan fingerprint density at radius 2 is 1.85 bits per heavy atom. The maximum atomic E-state index is 12.6. The zero-order valence-electron chi connectivity index (χ0n) is 13.9. The van der Waals surface area contributed by atoms with Crippen LogP contribution in [-0.2, 0) is 16.6 Å². The fraction of sp³-hybridized carbons (Fsp3) is 0.0556. The van der Waals surface area contributed by atoms with Gasteiger partial charge in [-0.2, -0.15) is 0 Å². The molecule has 0 saturated heterocycles. The Kier molecular flexibility index (Phi) is 4.65. The lowest BCUT2D eigenvalue weighted by Crippen LogP contribution is -2.23. The predicted molar refractivity (Wildman–Crippen MR) is 105 cm³/mol. The highest BCUT2D eigenvalue weighted by Crippen LogP contribution is 2.39. The molecular formula is C18H18N4O3S2. The molecular weight excluding hydrogens is 384 g/mol. The van der Waals surface area contributed by atoms with Gasteiger partial charge >= 0.3 is 0 Å². The van der Waals surface area contributed by atoms with Crippen LogP contribution < -0.4 is 10.0 Å². The van der Waals surface area contributed by atoms with E-state index in [9.17, 15) is 13.2 Å². The molecule has 1 aliphatic rings. The third-order valence-corrected chi connectivity index (χ3v) is 6.49. The monoisotopic (exact) mass is 402 g/mol. The number of benzene rings is 2. The molecule has 0 spiro atoms. The summed E-state index contributed by atoms with van der Waals surface area (Å²) in [6, 6.07) is 11.9. The topological polar surface area (TPSA) is 101 Å². The van der Waals surface area contributed by atoms with Gasteiger partial charge in [-0.25, -0.2) is 23.1 Å². The lowest BCUT2D eigenvalue weighted by atomic mass is 10.2. The van der Waals surface area contributed by atoms with E-state index in [1.54, 1.807) is 30.6 Å². The van der Waals surface area contributed by atoms with Gasteiger partial charge in [0.05, 0.1) is 16.1 Å². The molecule has 0 aliphatic carbocycles. The van der Waals surface area contributed by atoms with Crippen molar-refractivity contribution in [2.45, 2.75) is 21.2 Å². The SMILES string of the molecule is O=C1Nc2cc(S(=O)(=O)NCc3cncnc3)ccc2Sc2ccccc21.[HH].[HH]. The van der Waals surface area contributed by atoms with E-state index in [2.05, 4.69) is 20.0 Å². The molecule has 2 aromatic carbocycles. The van der Waals surface area contributed by atoms with Crippen LogP contribution in [0, 0.1) is 0 Å². The molecule has 1 aliphatic heterocycles. The molecule has 1 amide bonds. The van der Waals surface area contributed by atoms with Gasteiger partial charge in [0.2, 0.25) is 10.0 Å². The van der Waals surface area contributed by atoms with E-state index in [0.717, 1.165) is 9.79 Å². The van der Waals surface area contributed by atoms with Gasteiger partial charge < -0.3 is 5.32 Å². The number of rotatable bonds is 4. The van der Waals surface area contributed by atoms with Gasteiger partial charge in [0.15, 0.2) is 0 Å². The molecule has 27 heavy (non-hydrogen) atoms. The number of aromatic nitrogens is 2. The number of amides is 1. The number of hydrogen-bond donors (Lipinski definition) is 2. The summed E-state index contributed by atoms with van der Waals surface area (Å²) in [5, 5.41) is 2.79. The molecule has 3 aromatic rings. The van der Waals surface area contributed by atoms with Gasteiger partial charge in [-0.3, -0.25) is 4.79 Å². The van der Waals surface area contributed by atoms with Crippen molar-refractivity contribution in [2.24, 2.45) is 0 Å². The van der Waals surface area contributed by atoms with Gasteiger partial charge in [0.25, 0.3) is 5.91 Å². The number of anilines is 1. The van der Waals surface area contributed by atoms with Crippen LogP contribution in [0.5, 0.6) is 0 Å². The summed E-state index contributed by atoms with van der Waals surface area (Å²) < 4.78 is 27.7. The maximum Gasteiger partial charge on any atom is 0.256 e. The molecule has 0 fully saturated rings. The first-order valence-electron chi connectivity index (χ1n) is 7.99. The largest absolute Gasteiger partial charge is 0.321 e. The number of nitrogens with zero attached hydrogens (tertiary/aromatic N) is 2. The molecule has 0 unspecified atom stereocenters. The molecule has 0 saturated carbocycles. The lowest BCUT2D eigenvalue weighted by molar-refractivity contribution is 0.102. The second-order valence-electron chi connectivity index (χ2n) is 5.78. The molecule has 0 atom stereocenters. The quantitative estimate of drug-likeness (QED) is 0.695. The number of nitrogens with one attached hydrogen (secondary N) is 2. The number of carbonyl (C=O) groups is 1. The van der Waals surface area contributed by atoms with Gasteiger partial charge in [0, 0.05) is 37.1 Å². The van der Waals surface area contributed by atoms with E-state index in [1.165, 1.54) is 30.2 Å². The van der Waals surface area contributed by atoms with E-state index in [4.69, 9.17) is 0 Å². The zero-order valence-corrected chi connectivity index (χ0v) is 15.5. The standard InChI is InChI=1S/C18H14N4O3S2.2H2/c23-18-14-3-1-2-4-16(14)26-17-6-5-13(7-15(17)22-18)27(24,25)21-10-12-8-19-11-20-9-12;;/h1-9,11,21H,10H2,(H,22,23);2*1H. The highest BCUT2D eigenvalue weighted by atomic mass is 32.2. The van der Waals surface area contributed by atoms with E-state index >= 15 is 0 Å². The maximum absolute atomic E-state index is 12.6. The number of carbonyl (C=O) groups excluding carboxylic acids is 1. The van der Waals surface area contributed by atoms with Crippen LogP contribution in [0.1, 0.15) is 18.8 Å². The average molecular weight is 403 g/mol.